The van der Waals surface area contributed by atoms with E-state index in [4.69, 9.17) is 11.6 Å². The molecule has 3 nitrogen and oxygen atoms in total. The van der Waals surface area contributed by atoms with Crippen LogP contribution in [0.4, 0.5) is 0 Å². The third kappa shape index (κ3) is 2.67. The minimum Gasteiger partial charge on any atom is -0.300 e. The van der Waals surface area contributed by atoms with Crippen molar-refractivity contribution < 1.29 is 0 Å². The number of hydrogen-bond acceptors (Lipinski definition) is 3. The Morgan fingerprint density at radius 2 is 2.17 bits per heavy atom. The predicted octanol–water partition coefficient (Wildman–Crippen LogP) is 3.00. The van der Waals surface area contributed by atoms with Crippen molar-refractivity contribution in [2.75, 3.05) is 13.6 Å². The number of fused-ring (bicyclic) bond motifs is 2. The van der Waals surface area contributed by atoms with Crippen molar-refractivity contribution >= 4 is 11.6 Å². The molecule has 98 valence electrons. The monoisotopic (exact) mass is 265 g/mol. The van der Waals surface area contributed by atoms with Gasteiger partial charge in [-0.15, -0.1) is 5.10 Å². The van der Waals surface area contributed by atoms with Crippen LogP contribution in [0.15, 0.2) is 12.1 Å². The smallest absolute Gasteiger partial charge is 0.151 e. The highest BCUT2D eigenvalue weighted by atomic mass is 35.5. The molecular weight excluding hydrogens is 246 g/mol. The fourth-order valence-corrected chi connectivity index (χ4v) is 3.87. The third-order valence-corrected chi connectivity index (χ3v) is 4.75. The maximum atomic E-state index is 5.74. The van der Waals surface area contributed by atoms with Gasteiger partial charge >= 0.3 is 0 Å². The zero-order chi connectivity index (χ0) is 12.5. The van der Waals surface area contributed by atoms with Crippen LogP contribution in [-0.4, -0.2) is 28.7 Å². The molecule has 3 atom stereocenters. The van der Waals surface area contributed by atoms with Gasteiger partial charge in [0.2, 0.25) is 0 Å². The van der Waals surface area contributed by atoms with Gasteiger partial charge < -0.3 is 4.90 Å². The molecule has 0 amide bonds. The van der Waals surface area contributed by atoms with Crippen LogP contribution in [0.2, 0.25) is 5.15 Å². The van der Waals surface area contributed by atoms with E-state index in [2.05, 4.69) is 22.1 Å². The zero-order valence-electron chi connectivity index (χ0n) is 10.8. The molecule has 18 heavy (non-hydrogen) atoms. The van der Waals surface area contributed by atoms with E-state index in [9.17, 15) is 0 Å². The first-order valence-corrected chi connectivity index (χ1v) is 7.25. The highest BCUT2D eigenvalue weighted by Gasteiger charge is 2.39. The van der Waals surface area contributed by atoms with Gasteiger partial charge in [-0.1, -0.05) is 18.0 Å². The van der Waals surface area contributed by atoms with Crippen LogP contribution in [0, 0.1) is 17.8 Å². The molecule has 1 aromatic rings. The summed E-state index contributed by atoms with van der Waals surface area (Å²) in [5, 5.41) is 8.48. The summed E-state index contributed by atoms with van der Waals surface area (Å²) in [5.74, 6) is 2.94. The number of rotatable bonds is 4. The SMILES string of the molecule is CN(Cc1ccc(Cl)nn1)CC1CC2CCC1C2. The lowest BCUT2D eigenvalue weighted by molar-refractivity contribution is 0.212. The minimum atomic E-state index is 0.467. The third-order valence-electron chi connectivity index (χ3n) is 4.55. The fraction of sp³-hybridized carbons (Fsp3) is 0.714. The van der Waals surface area contributed by atoms with Crippen molar-refractivity contribution in [1.82, 2.24) is 15.1 Å². The normalized spacial score (nSPS) is 30.3. The largest absolute Gasteiger partial charge is 0.300 e. The summed E-state index contributed by atoms with van der Waals surface area (Å²) >= 11 is 5.74. The van der Waals surface area contributed by atoms with Crippen molar-refractivity contribution in [1.29, 1.82) is 0 Å². The molecule has 0 radical (unpaired) electrons. The van der Waals surface area contributed by atoms with E-state index in [-0.39, 0.29) is 0 Å². The standard InChI is InChI=1S/C14H20ClN3/c1-18(9-13-4-5-14(15)17-16-13)8-12-7-10-2-3-11(12)6-10/h4-5,10-12H,2-3,6-9H2,1H3. The summed E-state index contributed by atoms with van der Waals surface area (Å²) in [5.41, 5.74) is 1.00. The Morgan fingerprint density at radius 3 is 2.78 bits per heavy atom. The number of nitrogens with zero attached hydrogens (tertiary/aromatic N) is 3. The molecule has 2 bridgehead atoms. The maximum absolute atomic E-state index is 5.74. The van der Waals surface area contributed by atoms with Crippen LogP contribution in [0.5, 0.6) is 0 Å². The van der Waals surface area contributed by atoms with Crippen molar-refractivity contribution in [2.45, 2.75) is 32.2 Å². The molecule has 4 heteroatoms. The Bertz CT molecular complexity index is 406. The first-order chi connectivity index (χ1) is 8.70. The highest BCUT2D eigenvalue weighted by molar-refractivity contribution is 6.29. The van der Waals surface area contributed by atoms with Crippen LogP contribution < -0.4 is 0 Å². The van der Waals surface area contributed by atoms with Crippen molar-refractivity contribution in [3.8, 4) is 0 Å². The first-order valence-electron chi connectivity index (χ1n) is 6.87. The number of halogens is 1. The first kappa shape index (κ1) is 12.4. The van der Waals surface area contributed by atoms with Gasteiger partial charge in [0.25, 0.3) is 0 Å². The second-order valence-corrected chi connectivity index (χ2v) is 6.37. The van der Waals surface area contributed by atoms with Gasteiger partial charge in [0.05, 0.1) is 5.69 Å². The summed E-state index contributed by atoms with van der Waals surface area (Å²) in [6.45, 7) is 2.07. The van der Waals surface area contributed by atoms with Gasteiger partial charge in [-0.2, -0.15) is 5.10 Å². The Kier molecular flexibility index (Phi) is 3.53. The zero-order valence-corrected chi connectivity index (χ0v) is 11.6. The van der Waals surface area contributed by atoms with E-state index in [1.807, 2.05) is 12.1 Å². The van der Waals surface area contributed by atoms with Crippen LogP contribution >= 0.6 is 11.6 Å². The van der Waals surface area contributed by atoms with Crippen LogP contribution in [0.3, 0.4) is 0 Å². The second-order valence-electron chi connectivity index (χ2n) is 5.98. The van der Waals surface area contributed by atoms with E-state index in [0.29, 0.717) is 5.15 Å². The van der Waals surface area contributed by atoms with E-state index in [0.717, 1.165) is 30.0 Å². The quantitative estimate of drug-likeness (QED) is 0.838. The molecule has 0 aromatic carbocycles. The van der Waals surface area contributed by atoms with Crippen LogP contribution in [0.1, 0.15) is 31.4 Å². The maximum Gasteiger partial charge on any atom is 0.151 e. The molecule has 0 spiro atoms. The van der Waals surface area contributed by atoms with E-state index >= 15 is 0 Å². The average molecular weight is 266 g/mol. The molecule has 0 N–H and O–H groups in total. The van der Waals surface area contributed by atoms with Crippen molar-refractivity contribution in [2.24, 2.45) is 17.8 Å². The van der Waals surface area contributed by atoms with E-state index < -0.39 is 0 Å². The topological polar surface area (TPSA) is 29.0 Å². The summed E-state index contributed by atoms with van der Waals surface area (Å²) < 4.78 is 0. The lowest BCUT2D eigenvalue weighted by Crippen LogP contribution is -2.28. The average Bonchev–Trinajstić information content (AvgIpc) is 2.94. The Hall–Kier alpha value is -0.670. The van der Waals surface area contributed by atoms with E-state index in [1.165, 1.54) is 32.2 Å². The Morgan fingerprint density at radius 1 is 1.28 bits per heavy atom. The summed E-state index contributed by atoms with van der Waals surface area (Å²) in [4.78, 5) is 2.38. The van der Waals surface area contributed by atoms with Gasteiger partial charge in [0, 0.05) is 13.1 Å². The summed E-state index contributed by atoms with van der Waals surface area (Å²) in [6, 6.07) is 3.78. The van der Waals surface area contributed by atoms with Crippen LogP contribution in [0.25, 0.3) is 0 Å². The van der Waals surface area contributed by atoms with Gasteiger partial charge in [0.1, 0.15) is 0 Å². The minimum absolute atomic E-state index is 0.467. The lowest BCUT2D eigenvalue weighted by Gasteiger charge is -2.26. The molecular formula is C14H20ClN3. The Balaban J connectivity index is 1.52. The van der Waals surface area contributed by atoms with Gasteiger partial charge in [-0.3, -0.25) is 0 Å². The number of aromatic nitrogens is 2. The molecule has 3 unspecified atom stereocenters. The molecule has 3 rings (SSSR count). The number of hydrogen-bond donors (Lipinski definition) is 0. The van der Waals surface area contributed by atoms with Gasteiger partial charge in [-0.25, -0.2) is 0 Å². The van der Waals surface area contributed by atoms with Gasteiger partial charge in [0.15, 0.2) is 5.15 Å². The summed E-state index contributed by atoms with van der Waals surface area (Å²) in [6.07, 6.45) is 5.87. The fourth-order valence-electron chi connectivity index (χ4n) is 3.77. The van der Waals surface area contributed by atoms with E-state index in [1.54, 1.807) is 0 Å². The molecule has 2 aliphatic rings. The second kappa shape index (κ2) is 5.14. The molecule has 1 aromatic heterocycles. The Labute approximate surface area is 114 Å². The highest BCUT2D eigenvalue weighted by Crippen LogP contribution is 2.48. The summed E-state index contributed by atoms with van der Waals surface area (Å²) in [7, 11) is 2.18. The van der Waals surface area contributed by atoms with Gasteiger partial charge in [-0.05, 0) is 56.2 Å². The van der Waals surface area contributed by atoms with Crippen LogP contribution in [-0.2, 0) is 6.54 Å². The molecule has 0 saturated heterocycles. The molecule has 2 aliphatic carbocycles. The molecule has 2 fully saturated rings. The predicted molar refractivity (Wildman–Crippen MR) is 72.3 cm³/mol. The molecule has 2 saturated carbocycles. The molecule has 0 aliphatic heterocycles. The molecule has 1 heterocycles. The van der Waals surface area contributed by atoms with Crippen molar-refractivity contribution in [3.63, 3.8) is 0 Å². The lowest BCUT2D eigenvalue weighted by atomic mass is 9.88. The van der Waals surface area contributed by atoms with Crippen molar-refractivity contribution in [3.05, 3.63) is 23.0 Å².